The van der Waals surface area contributed by atoms with Crippen molar-refractivity contribution in [1.82, 2.24) is 9.80 Å². The normalized spacial score (nSPS) is 17.8. The van der Waals surface area contributed by atoms with Gasteiger partial charge in [-0.2, -0.15) is 0 Å². The predicted molar refractivity (Wildman–Crippen MR) is 123 cm³/mol. The Morgan fingerprint density at radius 2 is 1.81 bits per heavy atom. The first-order valence-corrected chi connectivity index (χ1v) is 10.7. The molecule has 32 heavy (non-hydrogen) atoms. The number of ketones is 1. The minimum atomic E-state index is -0.694. The van der Waals surface area contributed by atoms with Crippen molar-refractivity contribution in [2.24, 2.45) is 0 Å². The van der Waals surface area contributed by atoms with Gasteiger partial charge in [0.1, 0.15) is 17.3 Å². The SMILES string of the molecule is CCCOc1ccc(C2C(=C(O)c3cccc(OC)c3)C(=O)C(=O)N2CCN(C)C)cc1. The van der Waals surface area contributed by atoms with Gasteiger partial charge in [0.25, 0.3) is 11.7 Å². The van der Waals surface area contributed by atoms with Crippen LogP contribution < -0.4 is 9.47 Å². The summed E-state index contributed by atoms with van der Waals surface area (Å²) in [4.78, 5) is 29.5. The van der Waals surface area contributed by atoms with E-state index in [1.54, 1.807) is 24.3 Å². The van der Waals surface area contributed by atoms with Gasteiger partial charge in [0, 0.05) is 18.7 Å². The van der Waals surface area contributed by atoms with Crippen molar-refractivity contribution in [2.75, 3.05) is 40.9 Å². The highest BCUT2D eigenvalue weighted by Gasteiger charge is 2.45. The van der Waals surface area contributed by atoms with E-state index in [-0.39, 0.29) is 11.3 Å². The molecule has 0 spiro atoms. The Morgan fingerprint density at radius 3 is 2.44 bits per heavy atom. The van der Waals surface area contributed by atoms with E-state index in [2.05, 4.69) is 0 Å². The molecule has 1 aliphatic heterocycles. The molecule has 1 atom stereocenters. The fourth-order valence-electron chi connectivity index (χ4n) is 3.66. The Bertz CT molecular complexity index is 998. The average Bonchev–Trinajstić information content (AvgIpc) is 3.06. The Labute approximate surface area is 188 Å². The van der Waals surface area contributed by atoms with Crippen molar-refractivity contribution in [3.8, 4) is 11.5 Å². The number of benzene rings is 2. The van der Waals surface area contributed by atoms with E-state index in [0.29, 0.717) is 36.8 Å². The molecule has 1 fully saturated rings. The largest absolute Gasteiger partial charge is 0.507 e. The van der Waals surface area contributed by atoms with E-state index < -0.39 is 17.7 Å². The molecule has 1 unspecified atom stereocenters. The van der Waals surface area contributed by atoms with Crippen LogP contribution >= 0.6 is 0 Å². The molecule has 0 saturated carbocycles. The third kappa shape index (κ3) is 4.94. The van der Waals surface area contributed by atoms with Crippen LogP contribution in [0.25, 0.3) is 5.76 Å². The number of Topliss-reactive ketones (excluding diaryl/α,β-unsaturated/α-hetero) is 1. The van der Waals surface area contributed by atoms with Crippen molar-refractivity contribution < 1.29 is 24.2 Å². The van der Waals surface area contributed by atoms with Crippen molar-refractivity contribution in [1.29, 1.82) is 0 Å². The van der Waals surface area contributed by atoms with Crippen molar-refractivity contribution >= 4 is 17.4 Å². The van der Waals surface area contributed by atoms with Gasteiger partial charge in [0.05, 0.1) is 25.3 Å². The van der Waals surface area contributed by atoms with Crippen LogP contribution in [0, 0.1) is 0 Å². The number of ether oxygens (including phenoxy) is 2. The van der Waals surface area contributed by atoms with Crippen LogP contribution in [0.15, 0.2) is 54.1 Å². The molecular formula is C25H30N2O5. The highest BCUT2D eigenvalue weighted by molar-refractivity contribution is 6.46. The first-order valence-electron chi connectivity index (χ1n) is 10.7. The lowest BCUT2D eigenvalue weighted by atomic mass is 9.95. The molecular weight excluding hydrogens is 408 g/mol. The number of likely N-dealkylation sites (N-methyl/N-ethyl adjacent to an activating group) is 1. The topological polar surface area (TPSA) is 79.3 Å². The number of methoxy groups -OCH3 is 1. The summed E-state index contributed by atoms with van der Waals surface area (Å²) in [6.07, 6.45) is 0.896. The maximum absolute atomic E-state index is 13.0. The maximum Gasteiger partial charge on any atom is 0.295 e. The minimum absolute atomic E-state index is 0.0734. The zero-order valence-electron chi connectivity index (χ0n) is 19.0. The second kappa shape index (κ2) is 10.3. The highest BCUT2D eigenvalue weighted by Crippen LogP contribution is 2.40. The number of aliphatic hydroxyl groups excluding tert-OH is 1. The molecule has 1 N–H and O–H groups in total. The summed E-state index contributed by atoms with van der Waals surface area (Å²) in [5.41, 5.74) is 1.23. The molecule has 170 valence electrons. The Morgan fingerprint density at radius 1 is 1.09 bits per heavy atom. The number of likely N-dealkylation sites (tertiary alicyclic amines) is 1. The number of aliphatic hydroxyl groups is 1. The van der Waals surface area contributed by atoms with E-state index >= 15 is 0 Å². The molecule has 1 saturated heterocycles. The van der Waals surface area contributed by atoms with E-state index in [9.17, 15) is 14.7 Å². The molecule has 0 aromatic heterocycles. The van der Waals surface area contributed by atoms with Gasteiger partial charge in [-0.25, -0.2) is 0 Å². The van der Waals surface area contributed by atoms with E-state index in [1.807, 2.05) is 50.2 Å². The molecule has 1 aliphatic rings. The lowest BCUT2D eigenvalue weighted by molar-refractivity contribution is -0.140. The molecule has 3 rings (SSSR count). The van der Waals surface area contributed by atoms with Gasteiger partial charge in [-0.05, 0) is 50.3 Å². The minimum Gasteiger partial charge on any atom is -0.507 e. The molecule has 1 amide bonds. The van der Waals surface area contributed by atoms with Crippen LogP contribution in [0.5, 0.6) is 11.5 Å². The summed E-state index contributed by atoms with van der Waals surface area (Å²) in [7, 11) is 5.34. The number of amides is 1. The number of hydrogen-bond donors (Lipinski definition) is 1. The smallest absolute Gasteiger partial charge is 0.295 e. The quantitative estimate of drug-likeness (QED) is 0.367. The van der Waals surface area contributed by atoms with Crippen LogP contribution in [-0.4, -0.2) is 67.5 Å². The van der Waals surface area contributed by atoms with Crippen LogP contribution in [0.3, 0.4) is 0 Å². The Hall–Kier alpha value is -3.32. The Kier molecular flexibility index (Phi) is 7.53. The first-order chi connectivity index (χ1) is 15.4. The monoisotopic (exact) mass is 438 g/mol. The van der Waals surface area contributed by atoms with E-state index in [4.69, 9.17) is 9.47 Å². The number of carbonyl (C=O) groups excluding carboxylic acids is 2. The summed E-state index contributed by atoms with van der Waals surface area (Å²) in [6.45, 7) is 3.58. The third-order valence-electron chi connectivity index (χ3n) is 5.34. The highest BCUT2D eigenvalue weighted by atomic mass is 16.5. The van der Waals surface area contributed by atoms with Crippen molar-refractivity contribution in [3.63, 3.8) is 0 Å². The van der Waals surface area contributed by atoms with Gasteiger partial charge in [-0.1, -0.05) is 31.2 Å². The van der Waals surface area contributed by atoms with E-state index in [1.165, 1.54) is 12.0 Å². The van der Waals surface area contributed by atoms with Crippen LogP contribution in [0.2, 0.25) is 0 Å². The fraction of sp³-hybridized carbons (Fsp3) is 0.360. The van der Waals surface area contributed by atoms with Gasteiger partial charge in [-0.15, -0.1) is 0 Å². The molecule has 1 heterocycles. The summed E-state index contributed by atoms with van der Waals surface area (Å²) >= 11 is 0. The van der Waals surface area contributed by atoms with E-state index in [0.717, 1.165) is 12.0 Å². The van der Waals surface area contributed by atoms with Gasteiger partial charge >= 0.3 is 0 Å². The summed E-state index contributed by atoms with van der Waals surface area (Å²) < 4.78 is 10.9. The zero-order chi connectivity index (χ0) is 23.3. The molecule has 0 radical (unpaired) electrons. The summed E-state index contributed by atoms with van der Waals surface area (Å²) in [6, 6.07) is 13.4. The maximum atomic E-state index is 13.0. The molecule has 2 aromatic rings. The molecule has 7 nitrogen and oxygen atoms in total. The molecule has 0 aliphatic carbocycles. The number of rotatable bonds is 9. The number of hydrogen-bond acceptors (Lipinski definition) is 6. The van der Waals surface area contributed by atoms with Crippen molar-refractivity contribution in [2.45, 2.75) is 19.4 Å². The zero-order valence-corrected chi connectivity index (χ0v) is 19.0. The van der Waals surface area contributed by atoms with Gasteiger partial charge < -0.3 is 24.4 Å². The third-order valence-corrected chi connectivity index (χ3v) is 5.34. The second-order valence-corrected chi connectivity index (χ2v) is 7.95. The predicted octanol–water partition coefficient (Wildman–Crippen LogP) is 3.47. The molecule has 0 bridgehead atoms. The van der Waals surface area contributed by atoms with Crippen molar-refractivity contribution in [3.05, 3.63) is 65.2 Å². The average molecular weight is 439 g/mol. The van der Waals surface area contributed by atoms with Crippen LogP contribution in [-0.2, 0) is 9.59 Å². The second-order valence-electron chi connectivity index (χ2n) is 7.95. The fourth-order valence-corrected chi connectivity index (χ4v) is 3.66. The van der Waals surface area contributed by atoms with Gasteiger partial charge in [-0.3, -0.25) is 9.59 Å². The summed E-state index contributed by atoms with van der Waals surface area (Å²) in [5, 5.41) is 11.1. The lowest BCUT2D eigenvalue weighted by Crippen LogP contribution is -2.35. The Balaban J connectivity index is 2.08. The van der Waals surface area contributed by atoms with Gasteiger partial charge in [0.2, 0.25) is 0 Å². The molecule has 7 heteroatoms. The van der Waals surface area contributed by atoms with Gasteiger partial charge in [0.15, 0.2) is 0 Å². The van der Waals surface area contributed by atoms with Crippen LogP contribution in [0.1, 0.15) is 30.5 Å². The standard InChI is InChI=1S/C25H30N2O5/c1-5-15-32-19-11-9-17(10-12-19)22-21(23(28)18-7-6-8-20(16-18)31-4)24(29)25(30)27(22)14-13-26(2)3/h6-12,16,22,28H,5,13-15H2,1-4H3. The van der Waals surface area contributed by atoms with Crippen LogP contribution in [0.4, 0.5) is 0 Å². The number of carbonyl (C=O) groups is 2. The number of nitrogens with zero attached hydrogens (tertiary/aromatic N) is 2. The molecule has 2 aromatic carbocycles. The lowest BCUT2D eigenvalue weighted by Gasteiger charge is -2.26. The summed E-state index contributed by atoms with van der Waals surface area (Å²) in [5.74, 6) is -0.266. The first kappa shape index (κ1) is 23.3.